The number of aromatic nitrogens is 1. The molecule has 0 aliphatic carbocycles. The smallest absolute Gasteiger partial charge is 0.258 e. The van der Waals surface area contributed by atoms with Crippen molar-refractivity contribution in [2.45, 2.75) is 0 Å². The van der Waals surface area contributed by atoms with E-state index in [0.717, 1.165) is 4.47 Å². The van der Waals surface area contributed by atoms with E-state index in [1.165, 1.54) is 6.07 Å². The fourth-order valence-corrected chi connectivity index (χ4v) is 3.80. The summed E-state index contributed by atoms with van der Waals surface area (Å²) in [5.41, 5.74) is 1.63. The van der Waals surface area contributed by atoms with Gasteiger partial charge in [0.1, 0.15) is 11.7 Å². The third-order valence-electron chi connectivity index (χ3n) is 5.19. The van der Waals surface area contributed by atoms with Gasteiger partial charge >= 0.3 is 0 Å². The molecule has 10 heteroatoms. The third kappa shape index (κ3) is 5.80. The fraction of sp³-hybridized carbons (Fsp3) is 0.167. The first-order valence-electron chi connectivity index (χ1n) is 10.5. The van der Waals surface area contributed by atoms with Crippen molar-refractivity contribution < 1.29 is 14.3 Å². The van der Waals surface area contributed by atoms with Gasteiger partial charge in [0.25, 0.3) is 11.8 Å². The average molecular weight is 543 g/mol. The summed E-state index contributed by atoms with van der Waals surface area (Å²) in [4.78, 5) is 31.8. The van der Waals surface area contributed by atoms with Crippen LogP contribution in [-0.4, -0.2) is 53.8 Å². The predicted molar refractivity (Wildman–Crippen MR) is 135 cm³/mol. The number of anilines is 2. The van der Waals surface area contributed by atoms with Crippen molar-refractivity contribution in [2.75, 3.05) is 36.9 Å². The number of nitrogens with one attached hydrogen (secondary N) is 3. The van der Waals surface area contributed by atoms with E-state index in [4.69, 9.17) is 21.7 Å². The Kier molecular flexibility index (Phi) is 7.56. The minimum absolute atomic E-state index is 0.205. The molecule has 0 saturated carbocycles. The Hall–Kier alpha value is -3.27. The van der Waals surface area contributed by atoms with Crippen molar-refractivity contribution >= 4 is 56.7 Å². The van der Waals surface area contributed by atoms with Crippen molar-refractivity contribution in [3.05, 3.63) is 87.0 Å². The van der Waals surface area contributed by atoms with E-state index in [-0.39, 0.29) is 11.5 Å². The van der Waals surface area contributed by atoms with Crippen LogP contribution in [0.3, 0.4) is 0 Å². The van der Waals surface area contributed by atoms with Gasteiger partial charge in [0.15, 0.2) is 0 Å². The van der Waals surface area contributed by atoms with Crippen LogP contribution in [0.1, 0.15) is 26.3 Å². The number of carbonyl (C=O) groups is 2. The summed E-state index contributed by atoms with van der Waals surface area (Å²) in [6, 6.07) is 14.8. The summed E-state index contributed by atoms with van der Waals surface area (Å²) in [5.74, 6) is -0.0817. The maximum absolute atomic E-state index is 12.9. The van der Waals surface area contributed by atoms with Gasteiger partial charge in [0.2, 0.25) is 0 Å². The van der Waals surface area contributed by atoms with Crippen LogP contribution in [0.4, 0.5) is 11.5 Å². The molecule has 1 aromatic heterocycles. The Labute approximate surface area is 209 Å². The first-order chi connectivity index (χ1) is 16.4. The van der Waals surface area contributed by atoms with Crippen LogP contribution >= 0.6 is 27.5 Å². The zero-order valence-electron chi connectivity index (χ0n) is 18.0. The van der Waals surface area contributed by atoms with Crippen LogP contribution in [0.15, 0.2) is 65.3 Å². The summed E-state index contributed by atoms with van der Waals surface area (Å²) in [6.07, 6.45) is 1.57. The summed E-state index contributed by atoms with van der Waals surface area (Å²) in [6.45, 7) is 2.52. The Morgan fingerprint density at radius 3 is 2.35 bits per heavy atom. The highest BCUT2D eigenvalue weighted by molar-refractivity contribution is 9.10. The molecule has 1 aliphatic rings. The molecular weight excluding hydrogens is 522 g/mol. The van der Waals surface area contributed by atoms with Crippen LogP contribution in [0, 0.1) is 5.41 Å². The van der Waals surface area contributed by atoms with E-state index in [1.807, 2.05) is 4.90 Å². The van der Waals surface area contributed by atoms with E-state index < -0.39 is 5.91 Å². The van der Waals surface area contributed by atoms with Crippen molar-refractivity contribution in [1.29, 1.82) is 5.41 Å². The molecule has 3 aromatic rings. The van der Waals surface area contributed by atoms with Gasteiger partial charge in [-0.05, 0) is 58.4 Å². The summed E-state index contributed by atoms with van der Waals surface area (Å²) >= 11 is 9.40. The zero-order valence-corrected chi connectivity index (χ0v) is 20.3. The van der Waals surface area contributed by atoms with E-state index >= 15 is 0 Å². The number of amides is 2. The molecule has 0 bridgehead atoms. The maximum atomic E-state index is 12.9. The normalized spacial score (nSPS) is 13.3. The van der Waals surface area contributed by atoms with Crippen molar-refractivity contribution in [3.8, 4) is 0 Å². The molecule has 4 rings (SSSR count). The Morgan fingerprint density at radius 1 is 0.971 bits per heavy atom. The van der Waals surface area contributed by atoms with Gasteiger partial charge in [-0.25, -0.2) is 4.98 Å². The molecule has 1 aliphatic heterocycles. The molecule has 34 heavy (non-hydrogen) atoms. The number of nitrogens with zero attached hydrogens (tertiary/aromatic N) is 2. The van der Waals surface area contributed by atoms with Crippen LogP contribution in [0.2, 0.25) is 5.02 Å². The number of pyridine rings is 1. The highest BCUT2D eigenvalue weighted by Gasteiger charge is 2.18. The van der Waals surface area contributed by atoms with Crippen LogP contribution < -0.4 is 10.6 Å². The van der Waals surface area contributed by atoms with Gasteiger partial charge in [-0.1, -0.05) is 23.7 Å². The molecule has 8 nitrogen and oxygen atoms in total. The number of benzene rings is 2. The highest BCUT2D eigenvalue weighted by Crippen LogP contribution is 2.23. The molecule has 0 spiro atoms. The molecule has 2 heterocycles. The Balaban J connectivity index is 1.47. The lowest BCUT2D eigenvalue weighted by atomic mass is 10.1. The Bertz CT molecular complexity index is 1210. The fourth-order valence-electron chi connectivity index (χ4n) is 3.39. The van der Waals surface area contributed by atoms with Crippen molar-refractivity contribution in [2.24, 2.45) is 0 Å². The molecule has 0 unspecified atom stereocenters. The van der Waals surface area contributed by atoms with E-state index in [2.05, 4.69) is 31.5 Å². The number of morpholine rings is 1. The number of amidine groups is 1. The Morgan fingerprint density at radius 2 is 1.68 bits per heavy atom. The molecule has 2 amide bonds. The van der Waals surface area contributed by atoms with Gasteiger partial charge in [-0.2, -0.15) is 0 Å². The first kappa shape index (κ1) is 23.9. The first-order valence-corrected chi connectivity index (χ1v) is 11.6. The number of halogens is 2. The second-order valence-electron chi connectivity index (χ2n) is 7.49. The average Bonchev–Trinajstić information content (AvgIpc) is 2.86. The van der Waals surface area contributed by atoms with Gasteiger partial charge < -0.3 is 20.3 Å². The molecule has 174 valence electrons. The van der Waals surface area contributed by atoms with Crippen LogP contribution in [0.25, 0.3) is 0 Å². The van der Waals surface area contributed by atoms with Gasteiger partial charge in [-0.15, -0.1) is 0 Å². The number of carbonyl (C=O) groups excluding carboxylic acids is 2. The topological polar surface area (TPSA) is 107 Å². The molecule has 3 N–H and O–H groups in total. The standard InChI is InChI=1S/C24H21BrClN5O3/c25-17-5-8-21(28-14-17)30-24(33)19-13-18(26)6-7-20(19)29-23(32)16-3-1-15(2-4-16)22(27)31-9-11-34-12-10-31/h1-8,13-14,27H,9-12H2,(H,29,32)(H,28,30,33). The van der Waals surface area contributed by atoms with Gasteiger partial charge in [-0.3, -0.25) is 15.0 Å². The van der Waals surface area contributed by atoms with Crippen LogP contribution in [-0.2, 0) is 4.74 Å². The molecule has 1 saturated heterocycles. The minimum Gasteiger partial charge on any atom is -0.378 e. The molecular formula is C24H21BrClN5O3. The maximum Gasteiger partial charge on any atom is 0.258 e. The van der Waals surface area contributed by atoms with E-state index in [1.54, 1.807) is 54.7 Å². The largest absolute Gasteiger partial charge is 0.378 e. The third-order valence-corrected chi connectivity index (χ3v) is 5.90. The van der Waals surface area contributed by atoms with Crippen molar-refractivity contribution in [3.63, 3.8) is 0 Å². The molecule has 2 aromatic carbocycles. The zero-order chi connectivity index (χ0) is 24.1. The molecule has 1 fully saturated rings. The van der Waals surface area contributed by atoms with E-state index in [9.17, 15) is 9.59 Å². The lowest BCUT2D eigenvalue weighted by molar-refractivity contribution is 0.0680. The summed E-state index contributed by atoms with van der Waals surface area (Å²) < 4.78 is 6.12. The van der Waals surface area contributed by atoms with Crippen LogP contribution in [0.5, 0.6) is 0 Å². The lowest BCUT2D eigenvalue weighted by Gasteiger charge is -2.29. The quantitative estimate of drug-likeness (QED) is 0.321. The molecule has 0 radical (unpaired) electrons. The number of hydrogen-bond acceptors (Lipinski definition) is 5. The van der Waals surface area contributed by atoms with E-state index in [0.29, 0.717) is 59.8 Å². The van der Waals surface area contributed by atoms with Gasteiger partial charge in [0.05, 0.1) is 24.5 Å². The highest BCUT2D eigenvalue weighted by atomic mass is 79.9. The number of ether oxygens (including phenoxy) is 1. The summed E-state index contributed by atoms with van der Waals surface area (Å²) in [7, 11) is 0. The second kappa shape index (κ2) is 10.8. The SMILES string of the molecule is N=C(c1ccc(C(=O)Nc2ccc(Cl)cc2C(=O)Nc2ccc(Br)cn2)cc1)N1CCOCC1. The second-order valence-corrected chi connectivity index (χ2v) is 8.84. The molecule has 0 atom stereocenters. The number of rotatable bonds is 5. The number of hydrogen-bond donors (Lipinski definition) is 3. The van der Waals surface area contributed by atoms with Gasteiger partial charge in [0, 0.05) is 39.9 Å². The lowest BCUT2D eigenvalue weighted by Crippen LogP contribution is -2.40. The predicted octanol–water partition coefficient (Wildman–Crippen LogP) is 4.66. The summed E-state index contributed by atoms with van der Waals surface area (Å²) in [5, 5.41) is 14.2. The monoisotopic (exact) mass is 541 g/mol. The van der Waals surface area contributed by atoms with Crippen molar-refractivity contribution in [1.82, 2.24) is 9.88 Å². The minimum atomic E-state index is -0.457.